The van der Waals surface area contributed by atoms with E-state index in [-0.39, 0.29) is 30.3 Å². The van der Waals surface area contributed by atoms with E-state index >= 15 is 0 Å². The molecule has 0 radical (unpaired) electrons. The molecule has 0 saturated heterocycles. The van der Waals surface area contributed by atoms with Gasteiger partial charge in [-0.1, -0.05) is 24.3 Å². The van der Waals surface area contributed by atoms with Gasteiger partial charge in [0.25, 0.3) is 0 Å². The lowest BCUT2D eigenvalue weighted by Gasteiger charge is -2.24. The number of carboxylic acids is 1. The van der Waals surface area contributed by atoms with Gasteiger partial charge in [0.1, 0.15) is 16.5 Å². The van der Waals surface area contributed by atoms with Crippen LogP contribution >= 0.6 is 11.3 Å². The first kappa shape index (κ1) is 30.0. The van der Waals surface area contributed by atoms with Crippen molar-refractivity contribution < 1.29 is 27.8 Å². The maximum atomic E-state index is 14.1. The van der Waals surface area contributed by atoms with Gasteiger partial charge in [-0.15, -0.1) is 16.4 Å². The van der Waals surface area contributed by atoms with Gasteiger partial charge in [-0.3, -0.25) is 4.79 Å². The highest BCUT2D eigenvalue weighted by Gasteiger charge is 2.36. The quantitative estimate of drug-likeness (QED) is 0.230. The van der Waals surface area contributed by atoms with Gasteiger partial charge >= 0.3 is 5.97 Å². The molecule has 1 aliphatic rings. The highest BCUT2D eigenvalue weighted by Crippen LogP contribution is 2.39. The van der Waals surface area contributed by atoms with E-state index in [0.29, 0.717) is 18.9 Å². The van der Waals surface area contributed by atoms with Crippen LogP contribution in [0.4, 0.5) is 0 Å². The maximum Gasteiger partial charge on any atom is 0.304 e. The molecule has 44 heavy (non-hydrogen) atoms. The van der Waals surface area contributed by atoms with Crippen LogP contribution in [0.3, 0.4) is 0 Å². The fraction of sp³-hybridized carbons (Fsp3) is 0.355. The largest absolute Gasteiger partial charge is 0.481 e. The third kappa shape index (κ3) is 5.39. The summed E-state index contributed by atoms with van der Waals surface area (Å²) in [4.78, 5) is 16.5. The van der Waals surface area contributed by atoms with E-state index in [1.165, 1.54) is 21.7 Å². The minimum absolute atomic E-state index is 0.00728. The fourth-order valence-electron chi connectivity index (χ4n) is 5.84. The molecule has 3 aromatic heterocycles. The van der Waals surface area contributed by atoms with Crippen molar-refractivity contribution in [1.29, 1.82) is 0 Å². The van der Waals surface area contributed by atoms with Crippen molar-refractivity contribution in [3.05, 3.63) is 70.1 Å². The topological polar surface area (TPSA) is 137 Å². The van der Waals surface area contributed by atoms with Crippen LogP contribution in [0.5, 0.6) is 11.8 Å². The first-order valence-corrected chi connectivity index (χ1v) is 16.7. The molecule has 1 unspecified atom stereocenters. The number of aryl methyl sites for hydroxylation is 2. The Morgan fingerprint density at radius 3 is 2.77 bits per heavy atom. The summed E-state index contributed by atoms with van der Waals surface area (Å²) in [5, 5.41) is 21.3. The van der Waals surface area contributed by atoms with Crippen molar-refractivity contribution >= 4 is 48.4 Å². The van der Waals surface area contributed by atoms with E-state index in [1.807, 2.05) is 63.5 Å². The van der Waals surface area contributed by atoms with Crippen molar-refractivity contribution in [3.63, 3.8) is 0 Å². The lowest BCUT2D eigenvalue weighted by atomic mass is 9.84. The average molecular weight is 636 g/mol. The van der Waals surface area contributed by atoms with Gasteiger partial charge in [0, 0.05) is 30.3 Å². The van der Waals surface area contributed by atoms with Crippen LogP contribution in [0, 0.1) is 6.92 Å². The lowest BCUT2D eigenvalue weighted by molar-refractivity contribution is -0.137. The summed E-state index contributed by atoms with van der Waals surface area (Å²) in [7, 11) is -2.18. The van der Waals surface area contributed by atoms with Gasteiger partial charge in [-0.05, 0) is 77.6 Å². The normalized spacial score (nSPS) is 17.2. The molecule has 0 saturated carbocycles. The van der Waals surface area contributed by atoms with Gasteiger partial charge in [0.05, 0.1) is 25.1 Å². The van der Waals surface area contributed by atoms with E-state index in [0.717, 1.165) is 43.4 Å². The third-order valence-corrected chi connectivity index (χ3v) is 10.9. The molecule has 0 aliphatic carbocycles. The molecule has 2 aromatic carbocycles. The van der Waals surface area contributed by atoms with Crippen molar-refractivity contribution in [1.82, 2.24) is 24.3 Å². The van der Waals surface area contributed by atoms with E-state index in [1.54, 1.807) is 10.7 Å². The summed E-state index contributed by atoms with van der Waals surface area (Å²) >= 11 is 1.53. The molecule has 11 nitrogen and oxygen atoms in total. The summed E-state index contributed by atoms with van der Waals surface area (Å²) in [6.45, 7) is 6.32. The minimum atomic E-state index is -3.99. The number of ether oxygens (including phenoxy) is 2. The average Bonchev–Trinajstić information content (AvgIpc) is 3.60. The molecule has 230 valence electrons. The number of fused-ring (bicyclic) bond motifs is 3. The number of benzene rings is 2. The molecular formula is C31H33N5O6S2. The predicted octanol–water partition coefficient (Wildman–Crippen LogP) is 5.25. The number of pyridine rings is 1. The summed E-state index contributed by atoms with van der Waals surface area (Å²) < 4.78 is 43.8. The van der Waals surface area contributed by atoms with Crippen LogP contribution in [0.25, 0.3) is 21.1 Å². The van der Waals surface area contributed by atoms with E-state index in [2.05, 4.69) is 15.3 Å². The van der Waals surface area contributed by atoms with Crippen molar-refractivity contribution in [3.8, 4) is 11.8 Å². The number of rotatable bonds is 9. The molecular weight excluding hydrogens is 603 g/mol. The Balaban J connectivity index is 1.45. The monoisotopic (exact) mass is 635 g/mol. The molecule has 0 amide bonds. The summed E-state index contributed by atoms with van der Waals surface area (Å²) in [6, 6.07) is 12.8. The highest BCUT2D eigenvalue weighted by atomic mass is 32.2. The minimum Gasteiger partial charge on any atom is -0.481 e. The highest BCUT2D eigenvalue weighted by molar-refractivity contribution is 7.89. The standard InChI is InChI=1S/C31H33N5O6S2/c1-5-22-17-36(44(39,40)26-9-10-27(41-6-2)32-31(26)42-22)16-21-14-20(13-19-11-12-43-30(19)21)24(15-28(37)38)23-7-8-25-29(18(23)3)33-34-35(25)4/h7-14,22,24H,5-6,15-17H2,1-4H3,(H,37,38)/t22-,24?/m1/s1. The Hall–Kier alpha value is -4.07. The Labute approximate surface area is 259 Å². The third-order valence-electron chi connectivity index (χ3n) is 8.08. The van der Waals surface area contributed by atoms with Gasteiger partial charge < -0.3 is 14.6 Å². The zero-order chi connectivity index (χ0) is 31.2. The Bertz CT molecular complexity index is 1990. The molecule has 1 N–H and O–H groups in total. The second-order valence-corrected chi connectivity index (χ2v) is 13.7. The van der Waals surface area contributed by atoms with Crippen molar-refractivity contribution in [2.45, 2.75) is 57.1 Å². The van der Waals surface area contributed by atoms with Crippen LogP contribution in [0.2, 0.25) is 0 Å². The number of hydrogen-bond donors (Lipinski definition) is 1. The van der Waals surface area contributed by atoms with Crippen LogP contribution in [0.15, 0.2) is 52.7 Å². The molecule has 1 aliphatic heterocycles. The molecule has 0 fully saturated rings. The number of aliphatic carboxylic acids is 1. The van der Waals surface area contributed by atoms with Crippen LogP contribution in [-0.4, -0.2) is 63.0 Å². The van der Waals surface area contributed by atoms with Crippen LogP contribution in [0.1, 0.15) is 54.9 Å². The van der Waals surface area contributed by atoms with Gasteiger partial charge in [0.15, 0.2) is 0 Å². The van der Waals surface area contributed by atoms with E-state index in [4.69, 9.17) is 9.47 Å². The van der Waals surface area contributed by atoms with Gasteiger partial charge in [-0.25, -0.2) is 13.1 Å². The summed E-state index contributed by atoms with van der Waals surface area (Å²) in [5.41, 5.74) is 4.87. The molecule has 4 heterocycles. The second-order valence-electron chi connectivity index (χ2n) is 10.9. The second kappa shape index (κ2) is 11.8. The first-order valence-electron chi connectivity index (χ1n) is 14.4. The molecule has 5 aromatic rings. The number of carboxylic acid groups (broad SMARTS) is 1. The number of sulfonamides is 1. The van der Waals surface area contributed by atoms with Crippen molar-refractivity contribution in [2.75, 3.05) is 13.2 Å². The number of carbonyl (C=O) groups is 1. The molecule has 13 heteroatoms. The summed E-state index contributed by atoms with van der Waals surface area (Å²) in [6.07, 6.45) is 0.0144. The summed E-state index contributed by atoms with van der Waals surface area (Å²) in [5.74, 6) is -1.08. The maximum absolute atomic E-state index is 14.1. The lowest BCUT2D eigenvalue weighted by Crippen LogP contribution is -2.36. The Morgan fingerprint density at radius 2 is 2.02 bits per heavy atom. The van der Waals surface area contributed by atoms with Gasteiger partial charge in [-0.2, -0.15) is 9.29 Å². The number of aromatic nitrogens is 4. The van der Waals surface area contributed by atoms with Crippen LogP contribution in [-0.2, 0) is 28.4 Å². The molecule has 6 rings (SSSR count). The first-order chi connectivity index (χ1) is 21.1. The van der Waals surface area contributed by atoms with E-state index < -0.39 is 28.0 Å². The number of nitrogens with zero attached hydrogens (tertiary/aromatic N) is 5. The van der Waals surface area contributed by atoms with E-state index in [9.17, 15) is 18.3 Å². The van der Waals surface area contributed by atoms with Gasteiger partial charge in [0.2, 0.25) is 21.8 Å². The Kier molecular flexibility index (Phi) is 8.03. The zero-order valence-corrected chi connectivity index (χ0v) is 26.5. The zero-order valence-electron chi connectivity index (χ0n) is 24.9. The number of thiophene rings is 1. The Morgan fingerprint density at radius 1 is 1.20 bits per heavy atom. The number of hydrogen-bond acceptors (Lipinski definition) is 9. The molecule has 0 spiro atoms. The van der Waals surface area contributed by atoms with Crippen LogP contribution < -0.4 is 9.47 Å². The fourth-order valence-corrected chi connectivity index (χ4v) is 8.23. The smallest absolute Gasteiger partial charge is 0.304 e. The predicted molar refractivity (Wildman–Crippen MR) is 167 cm³/mol. The van der Waals surface area contributed by atoms with Crippen molar-refractivity contribution in [2.24, 2.45) is 7.05 Å². The SMILES string of the molecule is CCOc1ccc2c(n1)O[C@H](CC)CN(Cc1cc(C(CC(=O)O)c3ccc4c(nnn4C)c3C)cc3ccsc13)S2(=O)=O. The molecule has 0 bridgehead atoms. The molecule has 2 atom stereocenters.